The van der Waals surface area contributed by atoms with Crippen molar-refractivity contribution >= 4 is 13.3 Å². The maximum absolute atomic E-state index is 12.9. The van der Waals surface area contributed by atoms with E-state index in [2.05, 4.69) is 5.16 Å². The lowest BCUT2D eigenvalue weighted by atomic mass is 9.99. The lowest BCUT2D eigenvalue weighted by Gasteiger charge is -2.34. The van der Waals surface area contributed by atoms with Crippen LogP contribution in [0.5, 0.6) is 0 Å². The maximum Gasteiger partial charge on any atom is 0.339 e. The third-order valence-corrected chi connectivity index (χ3v) is 5.85. The summed E-state index contributed by atoms with van der Waals surface area (Å²) in [5.41, 5.74) is 0.297. The van der Waals surface area contributed by atoms with E-state index in [-0.39, 0.29) is 11.6 Å². The van der Waals surface area contributed by atoms with Gasteiger partial charge in [-0.3, -0.25) is 4.57 Å². The van der Waals surface area contributed by atoms with Gasteiger partial charge in [0.25, 0.3) is 0 Å². The molecule has 0 saturated carbocycles. The van der Waals surface area contributed by atoms with Crippen LogP contribution in [0.4, 0.5) is 0 Å². The van der Waals surface area contributed by atoms with Gasteiger partial charge in [0.2, 0.25) is 6.29 Å². The van der Waals surface area contributed by atoms with Gasteiger partial charge < -0.3 is 18.6 Å². The first-order valence-corrected chi connectivity index (χ1v) is 7.94. The second-order valence-corrected chi connectivity index (χ2v) is 6.50. The Morgan fingerprint density at radius 3 is 2.67 bits per heavy atom. The summed E-state index contributed by atoms with van der Waals surface area (Å²) >= 11 is 0. The molecule has 2 aliphatic rings. The average molecular weight is 277 g/mol. The molecule has 0 unspecified atom stereocenters. The third kappa shape index (κ3) is 2.48. The van der Waals surface area contributed by atoms with Gasteiger partial charge in [0.1, 0.15) is 5.66 Å². The van der Waals surface area contributed by atoms with Crippen LogP contribution in [0, 0.1) is 5.92 Å². The van der Waals surface area contributed by atoms with Crippen molar-refractivity contribution in [3.8, 4) is 0 Å². The largest absolute Gasteiger partial charge is 0.363 e. The van der Waals surface area contributed by atoms with Gasteiger partial charge >= 0.3 is 7.60 Å². The fourth-order valence-corrected chi connectivity index (χ4v) is 4.89. The Kier molecular flexibility index (Phi) is 4.43. The van der Waals surface area contributed by atoms with Crippen molar-refractivity contribution in [3.05, 3.63) is 0 Å². The minimum absolute atomic E-state index is 0.00793. The number of hydrogen-bond acceptors (Lipinski definition) is 6. The van der Waals surface area contributed by atoms with Crippen LogP contribution in [0.1, 0.15) is 27.2 Å². The topological polar surface area (TPSA) is 66.4 Å². The van der Waals surface area contributed by atoms with Crippen LogP contribution in [0.15, 0.2) is 5.16 Å². The van der Waals surface area contributed by atoms with Crippen LogP contribution in [0.3, 0.4) is 0 Å². The second-order valence-electron chi connectivity index (χ2n) is 4.35. The highest BCUT2D eigenvalue weighted by Crippen LogP contribution is 2.58. The van der Waals surface area contributed by atoms with E-state index in [1.165, 1.54) is 0 Å². The molecule has 2 heterocycles. The quantitative estimate of drug-likeness (QED) is 0.722. The fraction of sp³-hybridized carbons (Fsp3) is 0.909. The Labute approximate surface area is 107 Å². The van der Waals surface area contributed by atoms with Crippen molar-refractivity contribution in [2.24, 2.45) is 11.1 Å². The molecule has 1 fully saturated rings. The lowest BCUT2D eigenvalue weighted by Crippen LogP contribution is -2.39. The molecule has 7 heteroatoms. The number of oxime groups is 1. The van der Waals surface area contributed by atoms with Crippen LogP contribution < -0.4 is 0 Å². The summed E-state index contributed by atoms with van der Waals surface area (Å²) in [6, 6.07) is 0. The molecule has 0 amide bonds. The summed E-state index contributed by atoms with van der Waals surface area (Å²) in [4.78, 5) is 5.23. The molecule has 0 radical (unpaired) electrons. The van der Waals surface area contributed by atoms with Gasteiger partial charge in [-0.2, -0.15) is 0 Å². The summed E-state index contributed by atoms with van der Waals surface area (Å²) in [7, 11) is -3.21. The van der Waals surface area contributed by atoms with Crippen molar-refractivity contribution in [2.75, 3.05) is 19.8 Å². The van der Waals surface area contributed by atoms with Crippen molar-refractivity contribution in [1.82, 2.24) is 0 Å². The monoisotopic (exact) mass is 277 g/mol. The molecule has 1 saturated heterocycles. The van der Waals surface area contributed by atoms with Gasteiger partial charge in [0.05, 0.1) is 25.5 Å². The van der Waals surface area contributed by atoms with Crippen molar-refractivity contribution in [1.29, 1.82) is 0 Å². The molecular weight excluding hydrogens is 257 g/mol. The molecule has 104 valence electrons. The van der Waals surface area contributed by atoms with Crippen LogP contribution in [-0.4, -0.2) is 37.5 Å². The molecule has 0 bridgehead atoms. The van der Waals surface area contributed by atoms with Gasteiger partial charge in [-0.1, -0.05) is 5.16 Å². The minimum Gasteiger partial charge on any atom is -0.363 e. The van der Waals surface area contributed by atoms with Crippen molar-refractivity contribution in [3.63, 3.8) is 0 Å². The molecule has 0 N–H and O–H groups in total. The molecule has 3 atom stereocenters. The Morgan fingerprint density at radius 2 is 2.06 bits per heavy atom. The Morgan fingerprint density at radius 1 is 1.39 bits per heavy atom. The Balaban J connectivity index is 2.29. The number of fused-ring (bicyclic) bond motifs is 1. The zero-order valence-corrected chi connectivity index (χ0v) is 11.9. The lowest BCUT2D eigenvalue weighted by molar-refractivity contribution is -0.136. The average Bonchev–Trinajstić information content (AvgIpc) is 2.77. The Hall–Kier alpha value is -0.420. The first-order valence-electron chi connectivity index (χ1n) is 6.33. The highest BCUT2D eigenvalue weighted by Gasteiger charge is 2.51. The van der Waals surface area contributed by atoms with Gasteiger partial charge in [0.15, 0.2) is 0 Å². The van der Waals surface area contributed by atoms with Gasteiger partial charge in [-0.05, 0) is 27.2 Å². The van der Waals surface area contributed by atoms with Gasteiger partial charge in [0, 0.05) is 5.92 Å². The summed E-state index contributed by atoms with van der Waals surface area (Å²) in [5.74, 6) is -0.00793. The van der Waals surface area contributed by atoms with E-state index in [4.69, 9.17) is 18.6 Å². The van der Waals surface area contributed by atoms with Crippen molar-refractivity contribution < 1.29 is 23.2 Å². The summed E-state index contributed by atoms with van der Waals surface area (Å²) in [6.45, 7) is 6.69. The minimum atomic E-state index is -3.21. The van der Waals surface area contributed by atoms with E-state index < -0.39 is 13.9 Å². The van der Waals surface area contributed by atoms with Gasteiger partial charge in [-0.25, -0.2) is 0 Å². The zero-order valence-electron chi connectivity index (χ0n) is 11.0. The first kappa shape index (κ1) is 14.0. The molecule has 18 heavy (non-hydrogen) atoms. The molecule has 0 aromatic carbocycles. The first-order chi connectivity index (χ1) is 8.62. The highest BCUT2D eigenvalue weighted by atomic mass is 31.2. The fourth-order valence-electron chi connectivity index (χ4n) is 2.52. The van der Waals surface area contributed by atoms with Crippen LogP contribution in [0.25, 0.3) is 0 Å². The van der Waals surface area contributed by atoms with E-state index in [0.29, 0.717) is 25.5 Å². The van der Waals surface area contributed by atoms with Crippen LogP contribution in [0.2, 0.25) is 0 Å². The van der Waals surface area contributed by atoms with E-state index in [1.54, 1.807) is 20.8 Å². The molecule has 2 rings (SSSR count). The number of nitrogens with zero attached hydrogens (tertiary/aromatic N) is 1. The zero-order chi connectivity index (χ0) is 13.2. The predicted octanol–water partition coefficient (Wildman–Crippen LogP) is 2.39. The standard InChI is InChI=1S/C11H20NO5P/c1-4-15-18(13,16-5-2)10-8(3)12-17-11-9(10)6-7-14-11/h9-11H,4-7H2,1-3H3/t9-,10+,11+/m1/s1. The molecule has 0 aromatic rings. The van der Waals surface area contributed by atoms with E-state index in [1.807, 2.05) is 0 Å². The Bertz CT molecular complexity index is 362. The smallest absolute Gasteiger partial charge is 0.339 e. The second kappa shape index (κ2) is 5.70. The molecule has 0 spiro atoms. The molecule has 0 aromatic heterocycles. The van der Waals surface area contributed by atoms with E-state index in [0.717, 1.165) is 6.42 Å². The number of rotatable bonds is 5. The van der Waals surface area contributed by atoms with Gasteiger partial charge in [-0.15, -0.1) is 0 Å². The summed E-state index contributed by atoms with van der Waals surface area (Å²) < 4.78 is 29.2. The van der Waals surface area contributed by atoms with E-state index >= 15 is 0 Å². The predicted molar refractivity (Wildman–Crippen MR) is 66.7 cm³/mol. The van der Waals surface area contributed by atoms with Crippen LogP contribution in [-0.2, 0) is 23.2 Å². The number of ether oxygens (including phenoxy) is 1. The number of hydrogen-bond donors (Lipinski definition) is 0. The van der Waals surface area contributed by atoms with E-state index in [9.17, 15) is 4.57 Å². The molecule has 0 aliphatic carbocycles. The van der Waals surface area contributed by atoms with Crippen LogP contribution >= 0.6 is 7.60 Å². The SMILES string of the molecule is CCOP(=O)(OCC)[C@H]1C(C)=NO[C@@H]2OCC[C@@H]21. The summed E-state index contributed by atoms with van der Waals surface area (Å²) in [5, 5.41) is 3.94. The van der Waals surface area contributed by atoms with Crippen molar-refractivity contribution in [2.45, 2.75) is 39.1 Å². The molecule has 2 aliphatic heterocycles. The molecular formula is C11H20NO5P. The normalized spacial score (nSPS) is 31.7. The third-order valence-electron chi connectivity index (χ3n) is 3.18. The highest BCUT2D eigenvalue weighted by molar-refractivity contribution is 7.55. The maximum atomic E-state index is 12.9. The molecule has 6 nitrogen and oxygen atoms in total. The summed E-state index contributed by atoms with van der Waals surface area (Å²) in [6.07, 6.45) is 0.361.